The molecule has 0 bridgehead atoms. The van der Waals surface area contributed by atoms with Crippen LogP contribution < -0.4 is 10.5 Å². The lowest BCUT2D eigenvalue weighted by atomic mass is 9.84. The molecule has 0 aromatic carbocycles. The Morgan fingerprint density at radius 2 is 1.95 bits per heavy atom. The molecule has 1 aliphatic carbocycles. The average Bonchev–Trinajstić information content (AvgIpc) is 2.74. The van der Waals surface area contributed by atoms with Crippen LogP contribution in [0, 0.1) is 0 Å². The van der Waals surface area contributed by atoms with Gasteiger partial charge >= 0.3 is 0 Å². The molecular weight excluding hydrogens is 254 g/mol. The highest BCUT2D eigenvalue weighted by molar-refractivity contribution is 5.30. The van der Waals surface area contributed by atoms with Crippen molar-refractivity contribution < 1.29 is 9.47 Å². The van der Waals surface area contributed by atoms with Crippen molar-refractivity contribution in [3.05, 3.63) is 11.9 Å². The van der Waals surface area contributed by atoms with E-state index in [-0.39, 0.29) is 11.6 Å². The zero-order valence-corrected chi connectivity index (χ0v) is 12.9. The second-order valence-electron chi connectivity index (χ2n) is 5.57. The van der Waals surface area contributed by atoms with Crippen LogP contribution in [0.4, 0.5) is 0 Å². The lowest BCUT2D eigenvalue weighted by Crippen LogP contribution is -2.43. The number of methoxy groups -OCH3 is 2. The van der Waals surface area contributed by atoms with Crippen LogP contribution in [-0.4, -0.2) is 29.6 Å². The van der Waals surface area contributed by atoms with E-state index in [9.17, 15) is 0 Å². The molecule has 1 aromatic rings. The van der Waals surface area contributed by atoms with Gasteiger partial charge in [0.2, 0.25) is 0 Å². The van der Waals surface area contributed by atoms with Crippen LogP contribution in [0.1, 0.15) is 57.2 Å². The zero-order chi connectivity index (χ0) is 14.6. The van der Waals surface area contributed by atoms with Crippen molar-refractivity contribution >= 4 is 0 Å². The fraction of sp³-hybridized carbons (Fsp3) is 0.800. The number of aryl methyl sites for hydroxylation is 1. The lowest BCUT2D eigenvalue weighted by Gasteiger charge is -2.37. The Morgan fingerprint density at radius 3 is 2.45 bits per heavy atom. The number of nitrogens with two attached hydrogens (primary N) is 1. The van der Waals surface area contributed by atoms with Crippen LogP contribution >= 0.6 is 0 Å². The van der Waals surface area contributed by atoms with Gasteiger partial charge in [0, 0.05) is 13.7 Å². The smallest absolute Gasteiger partial charge is 0.161 e. The summed E-state index contributed by atoms with van der Waals surface area (Å²) in [4.78, 5) is 0. The molecule has 1 fully saturated rings. The molecule has 1 aliphatic rings. The number of ether oxygens (including phenoxy) is 2. The first-order valence-electron chi connectivity index (χ1n) is 7.59. The third kappa shape index (κ3) is 2.69. The van der Waals surface area contributed by atoms with Crippen LogP contribution in [-0.2, 0) is 11.3 Å². The van der Waals surface area contributed by atoms with E-state index in [1.807, 2.05) is 4.68 Å². The maximum Gasteiger partial charge on any atom is 0.161 e. The Bertz CT molecular complexity index is 401. The van der Waals surface area contributed by atoms with Gasteiger partial charge in [0.25, 0.3) is 0 Å². The first kappa shape index (κ1) is 15.3. The van der Waals surface area contributed by atoms with Gasteiger partial charge in [-0.05, 0) is 19.8 Å². The van der Waals surface area contributed by atoms with Crippen molar-refractivity contribution in [2.45, 2.75) is 63.6 Å². The molecule has 2 N–H and O–H groups in total. The van der Waals surface area contributed by atoms with Crippen molar-refractivity contribution in [1.29, 1.82) is 0 Å². The summed E-state index contributed by atoms with van der Waals surface area (Å²) in [6, 6.07) is -0.206. The molecule has 1 saturated carbocycles. The van der Waals surface area contributed by atoms with E-state index < -0.39 is 0 Å². The second-order valence-corrected chi connectivity index (χ2v) is 5.57. The van der Waals surface area contributed by atoms with Gasteiger partial charge in [0.15, 0.2) is 5.75 Å². The molecule has 1 atom stereocenters. The highest BCUT2D eigenvalue weighted by atomic mass is 16.5. The van der Waals surface area contributed by atoms with Crippen LogP contribution in [0.2, 0.25) is 0 Å². The van der Waals surface area contributed by atoms with Gasteiger partial charge in [-0.25, -0.2) is 0 Å². The topological polar surface area (TPSA) is 62.3 Å². The summed E-state index contributed by atoms with van der Waals surface area (Å²) < 4.78 is 13.3. The van der Waals surface area contributed by atoms with E-state index >= 15 is 0 Å². The first-order chi connectivity index (χ1) is 9.68. The Kier molecular flexibility index (Phi) is 5.05. The minimum Gasteiger partial charge on any atom is -0.493 e. The van der Waals surface area contributed by atoms with Gasteiger partial charge in [-0.1, -0.05) is 25.7 Å². The SMILES string of the molecule is CCn1ncc(OC)c1C(N)C1(OC)CCCCCC1. The largest absolute Gasteiger partial charge is 0.493 e. The predicted octanol–water partition coefficient (Wildman–Crippen LogP) is 2.65. The summed E-state index contributed by atoms with van der Waals surface area (Å²) >= 11 is 0. The quantitative estimate of drug-likeness (QED) is 0.843. The lowest BCUT2D eigenvalue weighted by molar-refractivity contribution is -0.0465. The van der Waals surface area contributed by atoms with Gasteiger partial charge in [-0.3, -0.25) is 4.68 Å². The van der Waals surface area contributed by atoms with Crippen LogP contribution in [0.5, 0.6) is 5.75 Å². The Balaban J connectivity index is 2.36. The first-order valence-corrected chi connectivity index (χ1v) is 7.59. The maximum atomic E-state index is 6.62. The summed E-state index contributed by atoms with van der Waals surface area (Å²) in [5.74, 6) is 0.764. The standard InChI is InChI=1S/C15H27N3O2/c1-4-18-13(12(19-2)11-17-18)14(16)15(20-3)9-7-5-6-8-10-15/h11,14H,4-10,16H2,1-3H3. The molecule has 5 heteroatoms. The summed E-state index contributed by atoms with van der Waals surface area (Å²) in [5, 5.41) is 4.37. The molecule has 0 radical (unpaired) electrons. The molecule has 1 unspecified atom stereocenters. The third-order valence-electron chi connectivity index (χ3n) is 4.58. The Morgan fingerprint density at radius 1 is 1.30 bits per heavy atom. The molecule has 1 heterocycles. The highest BCUT2D eigenvalue weighted by Gasteiger charge is 2.41. The maximum absolute atomic E-state index is 6.62. The predicted molar refractivity (Wildman–Crippen MR) is 78.8 cm³/mol. The molecule has 0 aliphatic heterocycles. The summed E-state index contributed by atoms with van der Waals surface area (Å²) in [5.41, 5.74) is 7.28. The summed E-state index contributed by atoms with van der Waals surface area (Å²) in [7, 11) is 3.45. The Hall–Kier alpha value is -1.07. The molecule has 2 rings (SSSR count). The Labute approximate surface area is 121 Å². The van der Waals surface area contributed by atoms with Crippen molar-refractivity contribution in [3.8, 4) is 5.75 Å². The average molecular weight is 281 g/mol. The van der Waals surface area contributed by atoms with E-state index in [2.05, 4.69) is 12.0 Å². The highest BCUT2D eigenvalue weighted by Crippen LogP contribution is 2.41. The van der Waals surface area contributed by atoms with E-state index in [0.29, 0.717) is 0 Å². The fourth-order valence-electron chi connectivity index (χ4n) is 3.32. The normalized spacial score (nSPS) is 20.4. The van der Waals surface area contributed by atoms with E-state index in [4.69, 9.17) is 15.2 Å². The van der Waals surface area contributed by atoms with E-state index in [1.165, 1.54) is 25.7 Å². The fourth-order valence-corrected chi connectivity index (χ4v) is 3.32. The van der Waals surface area contributed by atoms with Gasteiger partial charge in [0.1, 0.15) is 0 Å². The molecule has 114 valence electrons. The molecule has 0 saturated heterocycles. The van der Waals surface area contributed by atoms with Crippen LogP contribution in [0.25, 0.3) is 0 Å². The van der Waals surface area contributed by atoms with Gasteiger partial charge in [-0.15, -0.1) is 0 Å². The minimum absolute atomic E-state index is 0.206. The van der Waals surface area contributed by atoms with Crippen molar-refractivity contribution in [1.82, 2.24) is 9.78 Å². The number of hydrogen-bond acceptors (Lipinski definition) is 4. The monoisotopic (exact) mass is 281 g/mol. The molecule has 5 nitrogen and oxygen atoms in total. The molecular formula is C15H27N3O2. The second kappa shape index (κ2) is 6.59. The van der Waals surface area contributed by atoms with Gasteiger partial charge in [0.05, 0.1) is 30.6 Å². The molecule has 1 aromatic heterocycles. The van der Waals surface area contributed by atoms with Crippen molar-refractivity contribution in [3.63, 3.8) is 0 Å². The van der Waals surface area contributed by atoms with Crippen LogP contribution in [0.15, 0.2) is 6.20 Å². The van der Waals surface area contributed by atoms with E-state index in [0.717, 1.165) is 30.8 Å². The van der Waals surface area contributed by atoms with Gasteiger partial charge in [-0.2, -0.15) is 5.10 Å². The summed E-state index contributed by atoms with van der Waals surface area (Å²) in [6.45, 7) is 2.85. The third-order valence-corrected chi connectivity index (χ3v) is 4.58. The van der Waals surface area contributed by atoms with Gasteiger partial charge < -0.3 is 15.2 Å². The molecule has 0 amide bonds. The number of nitrogens with zero attached hydrogens (tertiary/aromatic N) is 2. The van der Waals surface area contributed by atoms with E-state index in [1.54, 1.807) is 20.4 Å². The minimum atomic E-state index is -0.295. The van der Waals surface area contributed by atoms with Crippen molar-refractivity contribution in [2.75, 3.05) is 14.2 Å². The summed E-state index contributed by atoms with van der Waals surface area (Å²) in [6.07, 6.45) is 8.63. The zero-order valence-electron chi connectivity index (χ0n) is 12.9. The van der Waals surface area contributed by atoms with Crippen LogP contribution in [0.3, 0.4) is 0 Å². The van der Waals surface area contributed by atoms with Crippen molar-refractivity contribution in [2.24, 2.45) is 5.73 Å². The molecule has 0 spiro atoms. The number of aromatic nitrogens is 2. The number of rotatable bonds is 5. The number of hydrogen-bond donors (Lipinski definition) is 1. The molecule has 20 heavy (non-hydrogen) atoms.